The Morgan fingerprint density at radius 3 is 2.39 bits per heavy atom. The first kappa shape index (κ1) is 14.2. The monoisotopic (exact) mass is 249 g/mol. The highest BCUT2D eigenvalue weighted by atomic mass is 16.4. The Labute approximate surface area is 107 Å². The first-order chi connectivity index (χ1) is 8.65. The van der Waals surface area contributed by atoms with E-state index >= 15 is 0 Å². The molecule has 0 fully saturated rings. The number of anilines is 1. The molecule has 0 aliphatic carbocycles. The molecule has 1 rings (SSSR count). The number of carbonyl (C=O) groups is 2. The number of unbranched alkanes of at least 4 members (excludes halogenated alkanes) is 2. The third kappa shape index (κ3) is 4.57. The van der Waals surface area contributed by atoms with Gasteiger partial charge in [-0.2, -0.15) is 0 Å². The number of amides is 1. The molecule has 0 atom stereocenters. The summed E-state index contributed by atoms with van der Waals surface area (Å²) in [6, 6.07) is 8.93. The molecule has 1 N–H and O–H groups in total. The second-order valence-electron chi connectivity index (χ2n) is 4.17. The summed E-state index contributed by atoms with van der Waals surface area (Å²) < 4.78 is 0. The molecule has 0 unspecified atom stereocenters. The minimum Gasteiger partial charge on any atom is -0.480 e. The topological polar surface area (TPSA) is 57.6 Å². The molecule has 98 valence electrons. The second kappa shape index (κ2) is 7.48. The molecule has 0 aromatic heterocycles. The largest absolute Gasteiger partial charge is 0.480 e. The van der Waals surface area contributed by atoms with Gasteiger partial charge in [0.2, 0.25) is 5.91 Å². The summed E-state index contributed by atoms with van der Waals surface area (Å²) in [5, 5.41) is 8.87. The molecule has 0 radical (unpaired) electrons. The summed E-state index contributed by atoms with van der Waals surface area (Å²) in [6.07, 6.45) is 3.23. The zero-order valence-corrected chi connectivity index (χ0v) is 10.6. The van der Waals surface area contributed by atoms with E-state index in [-0.39, 0.29) is 12.5 Å². The van der Waals surface area contributed by atoms with Crippen molar-refractivity contribution in [1.82, 2.24) is 0 Å². The van der Waals surface area contributed by atoms with Gasteiger partial charge in [0.15, 0.2) is 0 Å². The van der Waals surface area contributed by atoms with Gasteiger partial charge in [-0.15, -0.1) is 0 Å². The van der Waals surface area contributed by atoms with E-state index in [1.165, 1.54) is 4.90 Å². The number of rotatable bonds is 7. The number of nitrogens with zero attached hydrogens (tertiary/aromatic N) is 1. The van der Waals surface area contributed by atoms with Crippen LogP contribution in [0.4, 0.5) is 5.69 Å². The van der Waals surface area contributed by atoms with Crippen molar-refractivity contribution in [1.29, 1.82) is 0 Å². The smallest absolute Gasteiger partial charge is 0.323 e. The number of hydrogen-bond acceptors (Lipinski definition) is 2. The fraction of sp³-hybridized carbons (Fsp3) is 0.429. The molecule has 18 heavy (non-hydrogen) atoms. The van der Waals surface area contributed by atoms with Gasteiger partial charge < -0.3 is 10.0 Å². The lowest BCUT2D eigenvalue weighted by atomic mass is 10.2. The van der Waals surface area contributed by atoms with Gasteiger partial charge in [0.25, 0.3) is 0 Å². The predicted octanol–water partition coefficient (Wildman–Crippen LogP) is 2.68. The van der Waals surface area contributed by atoms with Crippen molar-refractivity contribution < 1.29 is 14.7 Å². The van der Waals surface area contributed by atoms with Crippen molar-refractivity contribution in [3.05, 3.63) is 30.3 Å². The number of benzene rings is 1. The standard InChI is InChI=1S/C14H19NO3/c1-2-3-5-10-13(16)15(11-14(17)18)12-8-6-4-7-9-12/h4,6-9H,2-3,5,10-11H2,1H3,(H,17,18). The molecular formula is C14H19NO3. The molecule has 0 saturated heterocycles. The average molecular weight is 249 g/mol. The Morgan fingerprint density at radius 1 is 1.17 bits per heavy atom. The van der Waals surface area contributed by atoms with Gasteiger partial charge in [-0.3, -0.25) is 9.59 Å². The molecule has 1 aromatic rings. The van der Waals surface area contributed by atoms with E-state index < -0.39 is 5.97 Å². The molecule has 0 saturated carbocycles. The molecule has 0 spiro atoms. The third-order valence-electron chi connectivity index (χ3n) is 2.66. The Bertz CT molecular complexity index is 389. The fourth-order valence-electron chi connectivity index (χ4n) is 1.73. The van der Waals surface area contributed by atoms with E-state index in [1.807, 2.05) is 6.07 Å². The lowest BCUT2D eigenvalue weighted by Crippen LogP contribution is -2.35. The van der Waals surface area contributed by atoms with E-state index in [4.69, 9.17) is 5.11 Å². The molecule has 1 amide bonds. The summed E-state index contributed by atoms with van der Waals surface area (Å²) in [5.74, 6) is -1.13. The molecule has 4 nitrogen and oxygen atoms in total. The van der Waals surface area contributed by atoms with Gasteiger partial charge in [-0.1, -0.05) is 38.0 Å². The first-order valence-electron chi connectivity index (χ1n) is 6.22. The highest BCUT2D eigenvalue weighted by Gasteiger charge is 2.17. The van der Waals surface area contributed by atoms with Crippen LogP contribution in [-0.2, 0) is 9.59 Å². The van der Waals surface area contributed by atoms with Crippen LogP contribution < -0.4 is 4.90 Å². The van der Waals surface area contributed by atoms with Crippen LogP contribution in [0.25, 0.3) is 0 Å². The summed E-state index contributed by atoms with van der Waals surface area (Å²) in [5.41, 5.74) is 0.640. The van der Waals surface area contributed by atoms with Crippen LogP contribution in [0.2, 0.25) is 0 Å². The Morgan fingerprint density at radius 2 is 1.83 bits per heavy atom. The minimum absolute atomic E-state index is 0.128. The molecule has 0 aliphatic rings. The van der Waals surface area contributed by atoms with Crippen molar-refractivity contribution >= 4 is 17.6 Å². The van der Waals surface area contributed by atoms with Crippen molar-refractivity contribution in [2.24, 2.45) is 0 Å². The fourth-order valence-corrected chi connectivity index (χ4v) is 1.73. The molecular weight excluding hydrogens is 230 g/mol. The van der Waals surface area contributed by atoms with E-state index in [1.54, 1.807) is 24.3 Å². The van der Waals surface area contributed by atoms with Crippen LogP contribution in [0, 0.1) is 0 Å². The van der Waals surface area contributed by atoms with E-state index in [9.17, 15) is 9.59 Å². The second-order valence-corrected chi connectivity index (χ2v) is 4.17. The maximum absolute atomic E-state index is 12.0. The molecule has 0 heterocycles. The number of aliphatic carboxylic acids is 1. The van der Waals surface area contributed by atoms with Crippen molar-refractivity contribution in [2.45, 2.75) is 32.6 Å². The van der Waals surface area contributed by atoms with E-state index in [2.05, 4.69) is 6.92 Å². The van der Waals surface area contributed by atoms with Crippen LogP contribution in [0.1, 0.15) is 32.6 Å². The summed E-state index contributed by atoms with van der Waals surface area (Å²) in [4.78, 5) is 24.2. The van der Waals surface area contributed by atoms with E-state index in [0.717, 1.165) is 19.3 Å². The Hall–Kier alpha value is -1.84. The Balaban J connectivity index is 2.72. The van der Waals surface area contributed by atoms with Crippen LogP contribution >= 0.6 is 0 Å². The van der Waals surface area contributed by atoms with Crippen molar-refractivity contribution in [3.63, 3.8) is 0 Å². The summed E-state index contributed by atoms with van der Waals surface area (Å²) in [6.45, 7) is 1.78. The van der Waals surface area contributed by atoms with Crippen LogP contribution in [0.5, 0.6) is 0 Å². The zero-order valence-electron chi connectivity index (χ0n) is 10.6. The van der Waals surface area contributed by atoms with Crippen LogP contribution in [-0.4, -0.2) is 23.5 Å². The highest BCUT2D eigenvalue weighted by molar-refractivity contribution is 5.97. The first-order valence-corrected chi connectivity index (χ1v) is 6.22. The molecule has 4 heteroatoms. The predicted molar refractivity (Wildman–Crippen MR) is 70.6 cm³/mol. The van der Waals surface area contributed by atoms with Gasteiger partial charge in [0.1, 0.15) is 6.54 Å². The van der Waals surface area contributed by atoms with Gasteiger partial charge in [0, 0.05) is 12.1 Å². The van der Waals surface area contributed by atoms with Gasteiger partial charge in [-0.05, 0) is 18.6 Å². The lowest BCUT2D eigenvalue weighted by Gasteiger charge is -2.20. The van der Waals surface area contributed by atoms with E-state index in [0.29, 0.717) is 12.1 Å². The SMILES string of the molecule is CCCCCC(=O)N(CC(=O)O)c1ccccc1. The highest BCUT2D eigenvalue weighted by Crippen LogP contribution is 2.15. The van der Waals surface area contributed by atoms with Gasteiger partial charge >= 0.3 is 5.97 Å². The summed E-state index contributed by atoms with van der Waals surface area (Å²) in [7, 11) is 0. The quantitative estimate of drug-likeness (QED) is 0.756. The number of carboxylic acid groups (broad SMARTS) is 1. The van der Waals surface area contributed by atoms with Crippen molar-refractivity contribution in [2.75, 3.05) is 11.4 Å². The third-order valence-corrected chi connectivity index (χ3v) is 2.66. The summed E-state index contributed by atoms with van der Waals surface area (Å²) >= 11 is 0. The maximum Gasteiger partial charge on any atom is 0.323 e. The number of para-hydroxylation sites is 1. The van der Waals surface area contributed by atoms with Crippen LogP contribution in [0.15, 0.2) is 30.3 Å². The normalized spacial score (nSPS) is 10.1. The van der Waals surface area contributed by atoms with Crippen LogP contribution in [0.3, 0.4) is 0 Å². The lowest BCUT2D eigenvalue weighted by molar-refractivity contribution is -0.136. The minimum atomic E-state index is -0.998. The molecule has 0 bridgehead atoms. The maximum atomic E-state index is 12.0. The zero-order chi connectivity index (χ0) is 13.4. The van der Waals surface area contributed by atoms with Crippen molar-refractivity contribution in [3.8, 4) is 0 Å². The van der Waals surface area contributed by atoms with Gasteiger partial charge in [0.05, 0.1) is 0 Å². The molecule has 0 aliphatic heterocycles. The molecule has 1 aromatic carbocycles. The number of carboxylic acids is 1. The Kier molecular flexibility index (Phi) is 5.91. The van der Waals surface area contributed by atoms with Gasteiger partial charge in [-0.25, -0.2) is 0 Å². The average Bonchev–Trinajstić information content (AvgIpc) is 2.37. The number of hydrogen-bond donors (Lipinski definition) is 1. The number of carbonyl (C=O) groups excluding carboxylic acids is 1.